The Bertz CT molecular complexity index is 658. The van der Waals surface area contributed by atoms with Gasteiger partial charge in [0.1, 0.15) is 12.2 Å². The first-order valence-corrected chi connectivity index (χ1v) is 11.5. The summed E-state index contributed by atoms with van der Waals surface area (Å²) in [4.78, 5) is 17.5. The molecule has 4 rings (SSSR count). The van der Waals surface area contributed by atoms with Crippen molar-refractivity contribution in [3.05, 3.63) is 12.2 Å². The van der Waals surface area contributed by atoms with Crippen LogP contribution in [0, 0.1) is 11.3 Å². The van der Waals surface area contributed by atoms with Crippen molar-refractivity contribution in [2.24, 2.45) is 11.3 Å². The Labute approximate surface area is 169 Å². The molecule has 28 heavy (non-hydrogen) atoms. The second-order valence-corrected chi connectivity index (χ2v) is 9.58. The number of likely N-dealkylation sites (tertiary alicyclic amines) is 2. The topological polar surface area (TPSA) is 54.3 Å². The quantitative estimate of drug-likeness (QED) is 0.778. The molecule has 0 aromatic carbocycles. The Morgan fingerprint density at radius 1 is 1.21 bits per heavy atom. The molecule has 2 aliphatic heterocycles. The van der Waals surface area contributed by atoms with Gasteiger partial charge in [-0.2, -0.15) is 0 Å². The van der Waals surface area contributed by atoms with Crippen LogP contribution in [-0.2, 0) is 11.3 Å². The summed E-state index contributed by atoms with van der Waals surface area (Å²) in [6.45, 7) is 7.19. The number of rotatable bonds is 5. The Hall–Kier alpha value is -1.43. The second-order valence-electron chi connectivity index (χ2n) is 9.58. The normalized spacial score (nSPS) is 26.2. The van der Waals surface area contributed by atoms with E-state index in [0.717, 1.165) is 64.2 Å². The molecule has 1 atom stereocenters. The third-order valence-corrected chi connectivity index (χ3v) is 7.54. The number of likely N-dealkylation sites (N-methyl/N-ethyl adjacent to an activating group) is 1. The first kappa shape index (κ1) is 19.9. The molecule has 1 aliphatic carbocycles. The van der Waals surface area contributed by atoms with Crippen LogP contribution in [0.15, 0.2) is 6.33 Å². The SMILES string of the molecule is CCCn1cnnc1C1CN(C)CC12CCN(C(=O)CC1CCCCC1)CC2. The minimum absolute atomic E-state index is 0.245. The van der Waals surface area contributed by atoms with Gasteiger partial charge < -0.3 is 14.4 Å². The van der Waals surface area contributed by atoms with E-state index in [0.29, 0.717) is 17.7 Å². The van der Waals surface area contributed by atoms with Gasteiger partial charge in [-0.25, -0.2) is 0 Å². The van der Waals surface area contributed by atoms with Crippen molar-refractivity contribution in [1.29, 1.82) is 0 Å². The molecule has 6 nitrogen and oxygen atoms in total. The second kappa shape index (κ2) is 8.52. The predicted octanol–water partition coefficient (Wildman–Crippen LogP) is 3.30. The van der Waals surface area contributed by atoms with E-state index in [9.17, 15) is 4.79 Å². The zero-order valence-corrected chi connectivity index (χ0v) is 17.8. The molecule has 1 amide bonds. The summed E-state index contributed by atoms with van der Waals surface area (Å²) < 4.78 is 2.26. The van der Waals surface area contributed by atoms with Crippen LogP contribution in [0.5, 0.6) is 0 Å². The maximum atomic E-state index is 12.9. The number of nitrogens with zero attached hydrogens (tertiary/aromatic N) is 5. The van der Waals surface area contributed by atoms with Gasteiger partial charge in [0.25, 0.3) is 0 Å². The van der Waals surface area contributed by atoms with Gasteiger partial charge in [-0.1, -0.05) is 26.2 Å². The molecule has 1 aromatic heterocycles. The highest BCUT2D eigenvalue weighted by atomic mass is 16.2. The van der Waals surface area contributed by atoms with Crippen molar-refractivity contribution in [3.8, 4) is 0 Å². The summed E-state index contributed by atoms with van der Waals surface area (Å²) in [5.74, 6) is 2.63. The van der Waals surface area contributed by atoms with E-state index in [1.807, 2.05) is 6.33 Å². The van der Waals surface area contributed by atoms with Crippen LogP contribution in [0.25, 0.3) is 0 Å². The molecule has 2 saturated heterocycles. The number of aryl methyl sites for hydroxylation is 1. The van der Waals surface area contributed by atoms with E-state index in [4.69, 9.17) is 0 Å². The molecule has 0 N–H and O–H groups in total. The molecule has 1 aromatic rings. The maximum Gasteiger partial charge on any atom is 0.222 e. The van der Waals surface area contributed by atoms with Crippen LogP contribution in [0.2, 0.25) is 0 Å². The highest BCUT2D eigenvalue weighted by Gasteiger charge is 2.49. The Kier molecular flexibility index (Phi) is 6.04. The fourth-order valence-corrected chi connectivity index (χ4v) is 6.00. The molecule has 3 aliphatic rings. The minimum atomic E-state index is 0.245. The Balaban J connectivity index is 1.41. The average molecular weight is 388 g/mol. The summed E-state index contributed by atoms with van der Waals surface area (Å²) >= 11 is 0. The first-order valence-electron chi connectivity index (χ1n) is 11.5. The van der Waals surface area contributed by atoms with Crippen LogP contribution in [0.4, 0.5) is 0 Å². The molecular formula is C22H37N5O. The van der Waals surface area contributed by atoms with Crippen molar-refractivity contribution >= 4 is 5.91 Å². The molecule has 0 bridgehead atoms. The standard InChI is InChI=1S/C22H37N5O/c1-3-11-27-17-23-24-21(27)19-15-25(2)16-22(19)9-12-26(13-10-22)20(28)14-18-7-5-4-6-8-18/h17-19H,3-16H2,1-2H3. The maximum absolute atomic E-state index is 12.9. The van der Waals surface area contributed by atoms with Crippen LogP contribution in [-0.4, -0.2) is 63.7 Å². The number of carbonyl (C=O) groups excluding carboxylic acids is 1. The molecule has 0 radical (unpaired) electrons. The molecular weight excluding hydrogens is 350 g/mol. The third kappa shape index (κ3) is 3.98. The number of hydrogen-bond acceptors (Lipinski definition) is 4. The molecule has 1 unspecified atom stereocenters. The highest BCUT2D eigenvalue weighted by Crippen LogP contribution is 2.49. The number of aromatic nitrogens is 3. The van der Waals surface area contributed by atoms with E-state index < -0.39 is 0 Å². The van der Waals surface area contributed by atoms with Gasteiger partial charge in [-0.3, -0.25) is 4.79 Å². The summed E-state index contributed by atoms with van der Waals surface area (Å²) in [6, 6.07) is 0. The van der Waals surface area contributed by atoms with Gasteiger partial charge in [0.2, 0.25) is 5.91 Å². The van der Waals surface area contributed by atoms with Crippen LogP contribution < -0.4 is 0 Å². The van der Waals surface area contributed by atoms with Crippen molar-refractivity contribution in [2.45, 2.75) is 77.2 Å². The number of hydrogen-bond donors (Lipinski definition) is 0. The fraction of sp³-hybridized carbons (Fsp3) is 0.864. The van der Waals surface area contributed by atoms with Gasteiger partial charge >= 0.3 is 0 Å². The van der Waals surface area contributed by atoms with E-state index >= 15 is 0 Å². The average Bonchev–Trinajstić information content (AvgIpc) is 3.27. The lowest BCUT2D eigenvalue weighted by Gasteiger charge is -2.42. The van der Waals surface area contributed by atoms with Gasteiger partial charge in [-0.15, -0.1) is 10.2 Å². The molecule has 1 spiro atoms. The number of carbonyl (C=O) groups is 1. The Morgan fingerprint density at radius 3 is 2.68 bits per heavy atom. The summed E-state index contributed by atoms with van der Waals surface area (Å²) in [5.41, 5.74) is 0.245. The lowest BCUT2D eigenvalue weighted by Crippen LogP contribution is -2.46. The van der Waals surface area contributed by atoms with Crippen LogP contribution >= 0.6 is 0 Å². The van der Waals surface area contributed by atoms with Crippen molar-refractivity contribution in [2.75, 3.05) is 33.2 Å². The van der Waals surface area contributed by atoms with Crippen molar-refractivity contribution in [3.63, 3.8) is 0 Å². The zero-order valence-electron chi connectivity index (χ0n) is 17.8. The van der Waals surface area contributed by atoms with E-state index in [1.54, 1.807) is 0 Å². The molecule has 3 fully saturated rings. The van der Waals surface area contributed by atoms with Crippen molar-refractivity contribution in [1.82, 2.24) is 24.6 Å². The van der Waals surface area contributed by atoms with Gasteiger partial charge in [0, 0.05) is 45.1 Å². The largest absolute Gasteiger partial charge is 0.343 e. The predicted molar refractivity (Wildman–Crippen MR) is 110 cm³/mol. The summed E-state index contributed by atoms with van der Waals surface area (Å²) in [5, 5.41) is 8.76. The smallest absolute Gasteiger partial charge is 0.222 e. The molecule has 3 heterocycles. The monoisotopic (exact) mass is 387 g/mol. The summed E-state index contributed by atoms with van der Waals surface area (Å²) in [7, 11) is 2.23. The molecule has 1 saturated carbocycles. The Morgan fingerprint density at radius 2 is 1.96 bits per heavy atom. The van der Waals surface area contributed by atoms with Crippen molar-refractivity contribution < 1.29 is 4.79 Å². The van der Waals surface area contributed by atoms with Gasteiger partial charge in [0.15, 0.2) is 0 Å². The minimum Gasteiger partial charge on any atom is -0.343 e. The van der Waals surface area contributed by atoms with E-state index in [-0.39, 0.29) is 5.41 Å². The number of amides is 1. The molecule has 156 valence electrons. The van der Waals surface area contributed by atoms with E-state index in [2.05, 4.69) is 38.5 Å². The lowest BCUT2D eigenvalue weighted by atomic mass is 9.70. The fourth-order valence-electron chi connectivity index (χ4n) is 6.00. The van der Waals surface area contributed by atoms with Crippen LogP contribution in [0.3, 0.4) is 0 Å². The van der Waals surface area contributed by atoms with Gasteiger partial charge in [0.05, 0.1) is 0 Å². The lowest BCUT2D eigenvalue weighted by molar-refractivity contribution is -0.134. The zero-order chi connectivity index (χ0) is 19.6. The number of piperidine rings is 1. The summed E-state index contributed by atoms with van der Waals surface area (Å²) in [6.07, 6.45) is 12.5. The molecule has 6 heteroatoms. The van der Waals surface area contributed by atoms with Gasteiger partial charge in [-0.05, 0) is 50.5 Å². The van der Waals surface area contributed by atoms with E-state index in [1.165, 1.54) is 32.1 Å². The third-order valence-electron chi connectivity index (χ3n) is 7.54. The van der Waals surface area contributed by atoms with Crippen LogP contribution in [0.1, 0.15) is 76.5 Å². The highest BCUT2D eigenvalue weighted by molar-refractivity contribution is 5.76. The first-order chi connectivity index (χ1) is 13.6.